The normalized spacial score (nSPS) is 20.8. The number of halogens is 1. The number of carbonyl (C=O) groups is 12. The van der Waals surface area contributed by atoms with Gasteiger partial charge >= 0.3 is 0 Å². The van der Waals surface area contributed by atoms with Crippen LogP contribution in [0, 0.1) is 46.3 Å². The lowest BCUT2D eigenvalue weighted by molar-refractivity contribution is -0.140. The van der Waals surface area contributed by atoms with Gasteiger partial charge < -0.3 is 74.9 Å². The number of nitrogens with two attached hydrogens (primary N) is 6. The van der Waals surface area contributed by atoms with Gasteiger partial charge in [-0.05, 0) is 161 Å². The Kier molecular flexibility index (Phi) is 38.1. The number of guanidine groups is 2. The van der Waals surface area contributed by atoms with E-state index in [4.69, 9.17) is 43.9 Å². The molecule has 10 atom stereocenters. The molecule has 624 valence electrons. The molecule has 2 saturated carbocycles. The van der Waals surface area contributed by atoms with Crippen molar-refractivity contribution in [2.24, 2.45) is 90.7 Å². The molecule has 5 aliphatic rings. The lowest BCUT2D eigenvalue weighted by Crippen LogP contribution is -2.54. The first-order chi connectivity index (χ1) is 53.6. The van der Waals surface area contributed by atoms with Crippen molar-refractivity contribution in [2.45, 2.75) is 258 Å². The van der Waals surface area contributed by atoms with Gasteiger partial charge in [0, 0.05) is 92.8 Å². The van der Waals surface area contributed by atoms with Crippen molar-refractivity contribution in [3.8, 4) is 11.5 Å². The summed E-state index contributed by atoms with van der Waals surface area (Å²) in [6, 6.07) is 9.90. The molecule has 29 heteroatoms. The van der Waals surface area contributed by atoms with Gasteiger partial charge in [0.1, 0.15) is 23.6 Å². The number of aliphatic imine (C=N–C) groups is 2. The van der Waals surface area contributed by atoms with E-state index in [1.165, 1.54) is 0 Å². The summed E-state index contributed by atoms with van der Waals surface area (Å²) in [5.41, 5.74) is 33.0. The van der Waals surface area contributed by atoms with Crippen LogP contribution >= 0.6 is 15.9 Å². The molecule has 4 fully saturated rings. The van der Waals surface area contributed by atoms with Crippen LogP contribution in [0.4, 0.5) is 0 Å². The second-order valence-corrected chi connectivity index (χ2v) is 34.0. The van der Waals surface area contributed by atoms with Crippen LogP contribution in [0.25, 0.3) is 6.08 Å². The number of amides is 8. The highest BCUT2D eigenvalue weighted by molar-refractivity contribution is 9.10. The number of hydrogen-bond acceptors (Lipinski definition) is 16. The van der Waals surface area contributed by atoms with Crippen LogP contribution in [0.5, 0.6) is 11.5 Å². The maximum Gasteiger partial charge on any atom is 0.243 e. The molecule has 0 spiro atoms. The van der Waals surface area contributed by atoms with Crippen LogP contribution in [0.3, 0.4) is 0 Å². The molecule has 0 radical (unpaired) electrons. The molecule has 2 aromatic carbocycles. The first-order valence-corrected chi connectivity index (χ1v) is 41.4. The molecular formula is C84H127BrN14O14. The number of ether oxygens (including phenoxy) is 2. The molecule has 8 amide bonds. The molecule has 0 aromatic heterocycles. The number of nitrogens with one attached hydrogen (secondary N) is 4. The number of allylic oxidation sites excluding steroid dienone is 2. The van der Waals surface area contributed by atoms with Crippen molar-refractivity contribution < 1.29 is 67.0 Å². The van der Waals surface area contributed by atoms with Gasteiger partial charge in [-0.3, -0.25) is 67.5 Å². The molecule has 113 heavy (non-hydrogen) atoms. The highest BCUT2D eigenvalue weighted by Gasteiger charge is 2.43. The van der Waals surface area contributed by atoms with Crippen LogP contribution in [0.1, 0.15) is 227 Å². The second-order valence-electron chi connectivity index (χ2n) is 33.1. The fraction of sp³-hybridized carbons (Fsp3) is 0.643. The smallest absolute Gasteiger partial charge is 0.243 e. The van der Waals surface area contributed by atoms with E-state index in [1.807, 2.05) is 102 Å². The molecule has 2 bridgehead atoms. The van der Waals surface area contributed by atoms with Crippen molar-refractivity contribution in [2.75, 3.05) is 39.4 Å². The van der Waals surface area contributed by atoms with E-state index in [1.54, 1.807) is 15.9 Å². The summed E-state index contributed by atoms with van der Waals surface area (Å²) >= 11 is 3.42. The van der Waals surface area contributed by atoms with Crippen LogP contribution < -0.4 is 65.1 Å². The molecule has 3 aliphatic heterocycles. The Morgan fingerprint density at radius 3 is 1.88 bits per heavy atom. The van der Waals surface area contributed by atoms with Gasteiger partial charge in [0.25, 0.3) is 0 Å². The topological polar surface area (TPSA) is 459 Å². The SMILES string of the molecule is C=CC[C@H](CC(=O)[C@@H](NC(=O)[C@@H]1CCCN1C(=O)CCCOc1cccc(Br)c1)C1CCCCC1)C(=O)N[C@@H](CCCN=C(N)N)C(=O)C[C@H](C(N)=O)C(C)(C)C.CC(C)(C)[C@H](CC(=O)[C@H](CCCN=C(N)N)NC(=O)[C@@H]1C/C=C/c2cccc(c2)OCCCC(=O)N2CCC[C@H]2C(=O)N[C@@H](C2CCCCC2)C(=O)C1)C(N)=O. The summed E-state index contributed by atoms with van der Waals surface area (Å²) in [4.78, 5) is 175. The number of primary amides is 2. The molecule has 2 aromatic rings. The van der Waals surface area contributed by atoms with E-state index in [0.29, 0.717) is 89.2 Å². The average molecular weight is 1640 g/mol. The standard InChI is InChI=1S/C42H64BrN7O7.C42H63N7O7/c1-5-13-28(39(55)48-32(18-10-21-47-41(45)46)34(51)26-31(38(44)54)42(2,3)4)24-35(52)37(27-14-7-6-8-15-27)49-40(56)33-19-11-22-50(33)36(53)20-12-23-57-30-17-9-16-29(43)25-30;1-42(2,3)31(38(43)53)26-34(50)32(18-9-21-46-41(44)45)47-39(54)29-16-7-12-27-13-8-17-30(24-27)56-23-11-20-36(52)49-22-10-19-33(49)40(55)48-37(35(51)25-29)28-14-5-4-6-15-28/h5,9,16-17,25,27-28,31-33,37H,1,6-8,10-15,18-24,26H2,2-4H3,(H2,44,54)(H,48,55)(H,49,56)(H4,45,46,47);7-8,12-13,17,24,28-29,31-33,37H,4-6,9-11,14-16,18-23,25-26H2,1-3H3,(H2,43,53)(H,47,54)(H,48,55)(H4,44,45,46)/b;12-7+/t28-,31-,32+,33+,37+;29-,31-,32+,33+,37+/m11/s1. The third kappa shape index (κ3) is 31.0. The van der Waals surface area contributed by atoms with E-state index in [9.17, 15) is 57.5 Å². The minimum Gasteiger partial charge on any atom is -0.494 e. The number of likely N-dealkylation sites (tertiary alicyclic amines) is 1. The first-order valence-electron chi connectivity index (χ1n) is 40.6. The van der Waals surface area contributed by atoms with Crippen LogP contribution in [-0.2, 0) is 57.5 Å². The maximum atomic E-state index is 14.5. The fourth-order valence-electron chi connectivity index (χ4n) is 15.9. The van der Waals surface area contributed by atoms with Crippen molar-refractivity contribution in [1.29, 1.82) is 0 Å². The zero-order chi connectivity index (χ0) is 83.0. The maximum absolute atomic E-state index is 14.5. The summed E-state index contributed by atoms with van der Waals surface area (Å²) in [5, 5.41) is 11.9. The Morgan fingerprint density at radius 2 is 1.28 bits per heavy atom. The summed E-state index contributed by atoms with van der Waals surface area (Å²) in [6.45, 7) is 16.8. The Labute approximate surface area is 675 Å². The quantitative estimate of drug-likeness (QED) is 0.0137. The average Bonchev–Trinajstić information content (AvgIpc) is 1.81. The Hall–Kier alpha value is -9.02. The lowest BCUT2D eigenvalue weighted by Gasteiger charge is -2.33. The first kappa shape index (κ1) is 92.8. The summed E-state index contributed by atoms with van der Waals surface area (Å²) in [7, 11) is 0. The van der Waals surface area contributed by atoms with Gasteiger partial charge in [0.2, 0.25) is 47.3 Å². The van der Waals surface area contributed by atoms with Crippen molar-refractivity contribution in [1.82, 2.24) is 31.1 Å². The van der Waals surface area contributed by atoms with Crippen molar-refractivity contribution in [3.63, 3.8) is 0 Å². The highest BCUT2D eigenvalue weighted by Crippen LogP contribution is 2.35. The number of nitrogens with zero attached hydrogens (tertiary/aromatic N) is 4. The van der Waals surface area contributed by atoms with E-state index in [0.717, 1.165) is 74.2 Å². The number of hydrogen-bond donors (Lipinski definition) is 10. The van der Waals surface area contributed by atoms with Crippen molar-refractivity contribution >= 4 is 104 Å². The van der Waals surface area contributed by atoms with E-state index >= 15 is 0 Å². The van der Waals surface area contributed by atoms with Crippen LogP contribution in [0.15, 0.2) is 81.7 Å². The zero-order valence-corrected chi connectivity index (χ0v) is 69.0. The Balaban J connectivity index is 0.000000352. The summed E-state index contributed by atoms with van der Waals surface area (Å²) < 4.78 is 12.6. The van der Waals surface area contributed by atoms with Crippen LogP contribution in [0.2, 0.25) is 0 Å². The fourth-order valence-corrected chi connectivity index (χ4v) is 16.2. The van der Waals surface area contributed by atoms with Gasteiger partial charge in [0.15, 0.2) is 35.1 Å². The molecule has 2 aliphatic carbocycles. The Morgan fingerprint density at radius 1 is 0.681 bits per heavy atom. The minimum absolute atomic E-state index is 0.0968. The van der Waals surface area contributed by atoms with Gasteiger partial charge in [-0.2, -0.15) is 0 Å². The van der Waals surface area contributed by atoms with E-state index in [2.05, 4.69) is 53.8 Å². The van der Waals surface area contributed by atoms with Gasteiger partial charge in [-0.25, -0.2) is 0 Å². The number of ketones is 4. The third-order valence-electron chi connectivity index (χ3n) is 22.3. The molecule has 3 heterocycles. The largest absolute Gasteiger partial charge is 0.494 e. The highest BCUT2D eigenvalue weighted by atomic mass is 79.9. The number of carbonyl (C=O) groups excluding carboxylic acids is 12. The monoisotopic (exact) mass is 1630 g/mol. The predicted octanol–water partition coefficient (Wildman–Crippen LogP) is 8.00. The van der Waals surface area contributed by atoms with Crippen LogP contribution in [-0.4, -0.2) is 168 Å². The zero-order valence-electron chi connectivity index (χ0n) is 67.4. The second kappa shape index (κ2) is 46.4. The van der Waals surface area contributed by atoms with Gasteiger partial charge in [0.05, 0.1) is 37.4 Å². The van der Waals surface area contributed by atoms with E-state index < -0.39 is 94.4 Å². The number of benzene rings is 2. The van der Waals surface area contributed by atoms with E-state index in [-0.39, 0.29) is 148 Å². The molecule has 16 N–H and O–H groups in total. The molecule has 2 saturated heterocycles. The summed E-state index contributed by atoms with van der Waals surface area (Å²) in [6.07, 6.45) is 18.5. The number of rotatable bonds is 34. The predicted molar refractivity (Wildman–Crippen MR) is 438 cm³/mol. The molecule has 0 unspecified atom stereocenters. The van der Waals surface area contributed by atoms with Gasteiger partial charge in [-0.15, -0.1) is 6.58 Å². The molecule has 7 rings (SSSR count). The molecule has 28 nitrogen and oxygen atoms in total. The minimum atomic E-state index is -0.995. The molecular weight excluding hydrogens is 1510 g/mol. The van der Waals surface area contributed by atoms with Gasteiger partial charge in [-0.1, -0.05) is 132 Å². The lowest BCUT2D eigenvalue weighted by atomic mass is 9.76. The van der Waals surface area contributed by atoms with Crippen molar-refractivity contribution in [3.05, 3.63) is 77.3 Å². The number of Topliss-reactive ketones (excluding diaryl/α,β-unsaturated/α-hetero) is 4. The summed E-state index contributed by atoms with van der Waals surface area (Å²) in [5.74, 6) is -6.88. The third-order valence-corrected chi connectivity index (χ3v) is 22.7. The Bertz CT molecular complexity index is 3660. The number of fused-ring (bicyclic) bond motifs is 3.